The Morgan fingerprint density at radius 3 is 2.93 bits per heavy atom. The van der Waals surface area contributed by atoms with Gasteiger partial charge in [-0.15, -0.1) is 0 Å². The third kappa shape index (κ3) is 1.25. The minimum atomic E-state index is -0.405. The van der Waals surface area contributed by atoms with Crippen molar-refractivity contribution in [2.24, 2.45) is 0 Å². The van der Waals surface area contributed by atoms with Crippen molar-refractivity contribution < 1.29 is 9.13 Å². The second-order valence-corrected chi connectivity index (χ2v) is 2.90. The monoisotopic (exact) mass is 192 g/mol. The molecule has 0 spiro atoms. The molecule has 0 saturated carbocycles. The van der Waals surface area contributed by atoms with E-state index in [9.17, 15) is 4.39 Å². The molecular weight excluding hydrogens is 183 g/mol. The van der Waals surface area contributed by atoms with Gasteiger partial charge in [-0.05, 0) is 18.2 Å². The molecule has 0 aliphatic carbocycles. The zero-order chi connectivity index (χ0) is 10.1. The van der Waals surface area contributed by atoms with Crippen LogP contribution < -0.4 is 10.5 Å². The number of anilines is 1. The number of hydrogen-bond acceptors (Lipinski definition) is 3. The van der Waals surface area contributed by atoms with E-state index in [1.54, 1.807) is 12.1 Å². The average molecular weight is 192 g/mol. The van der Waals surface area contributed by atoms with Gasteiger partial charge in [-0.25, -0.2) is 4.39 Å². The zero-order valence-corrected chi connectivity index (χ0v) is 7.62. The summed E-state index contributed by atoms with van der Waals surface area (Å²) in [5.41, 5.74) is 6.84. The van der Waals surface area contributed by atoms with E-state index in [2.05, 4.69) is 4.98 Å². The predicted octanol–water partition coefficient (Wildman–Crippen LogP) is 1.96. The summed E-state index contributed by atoms with van der Waals surface area (Å²) >= 11 is 0. The lowest BCUT2D eigenvalue weighted by molar-refractivity contribution is 0.417. The molecular formula is C10H9FN2O. The number of pyridine rings is 1. The van der Waals surface area contributed by atoms with Gasteiger partial charge >= 0.3 is 0 Å². The maximum absolute atomic E-state index is 12.9. The van der Waals surface area contributed by atoms with E-state index in [0.717, 1.165) is 6.20 Å². The minimum absolute atomic E-state index is 0.405. The van der Waals surface area contributed by atoms with Crippen molar-refractivity contribution >= 4 is 16.6 Å². The lowest BCUT2D eigenvalue weighted by Crippen LogP contribution is -1.94. The molecule has 1 aromatic carbocycles. The van der Waals surface area contributed by atoms with E-state index in [4.69, 9.17) is 10.5 Å². The van der Waals surface area contributed by atoms with Gasteiger partial charge in [-0.1, -0.05) is 0 Å². The number of aromatic nitrogens is 1. The quantitative estimate of drug-likeness (QED) is 0.702. The summed E-state index contributed by atoms with van der Waals surface area (Å²) in [7, 11) is 1.52. The zero-order valence-electron chi connectivity index (χ0n) is 7.62. The van der Waals surface area contributed by atoms with Crippen LogP contribution in [0.1, 0.15) is 0 Å². The Hall–Kier alpha value is -1.84. The van der Waals surface area contributed by atoms with Crippen molar-refractivity contribution in [2.45, 2.75) is 0 Å². The molecule has 0 aliphatic rings. The molecule has 1 aromatic heterocycles. The van der Waals surface area contributed by atoms with Crippen LogP contribution in [0.3, 0.4) is 0 Å². The molecule has 2 rings (SSSR count). The van der Waals surface area contributed by atoms with E-state index in [1.165, 1.54) is 13.2 Å². The highest BCUT2D eigenvalue weighted by atomic mass is 19.1. The van der Waals surface area contributed by atoms with Gasteiger partial charge in [0.25, 0.3) is 0 Å². The summed E-state index contributed by atoms with van der Waals surface area (Å²) in [6.45, 7) is 0. The molecule has 1 heterocycles. The molecule has 0 bridgehead atoms. The fourth-order valence-electron chi connectivity index (χ4n) is 1.35. The Morgan fingerprint density at radius 2 is 2.21 bits per heavy atom. The smallest absolute Gasteiger partial charge is 0.142 e. The van der Waals surface area contributed by atoms with Crippen LogP contribution in [0.5, 0.6) is 5.75 Å². The molecule has 2 N–H and O–H groups in total. The molecule has 0 unspecified atom stereocenters. The molecule has 0 amide bonds. The van der Waals surface area contributed by atoms with Crippen LogP contribution in [0, 0.1) is 5.82 Å². The van der Waals surface area contributed by atoms with Gasteiger partial charge < -0.3 is 10.5 Å². The van der Waals surface area contributed by atoms with Gasteiger partial charge in [-0.2, -0.15) is 0 Å². The molecule has 0 fully saturated rings. The third-order valence-electron chi connectivity index (χ3n) is 2.05. The van der Waals surface area contributed by atoms with Crippen LogP contribution in [0.4, 0.5) is 10.1 Å². The normalized spacial score (nSPS) is 10.4. The van der Waals surface area contributed by atoms with Crippen LogP contribution in [0.25, 0.3) is 10.9 Å². The van der Waals surface area contributed by atoms with Gasteiger partial charge in [0, 0.05) is 5.39 Å². The molecule has 3 nitrogen and oxygen atoms in total. The molecule has 0 saturated heterocycles. The largest absolute Gasteiger partial charge is 0.495 e. The van der Waals surface area contributed by atoms with E-state index >= 15 is 0 Å². The molecule has 14 heavy (non-hydrogen) atoms. The molecule has 0 aliphatic heterocycles. The lowest BCUT2D eigenvalue weighted by atomic mass is 10.1. The fourth-order valence-corrected chi connectivity index (χ4v) is 1.35. The Bertz CT molecular complexity index is 485. The number of halogens is 1. The first-order valence-electron chi connectivity index (χ1n) is 4.10. The van der Waals surface area contributed by atoms with Gasteiger partial charge in [0.2, 0.25) is 0 Å². The number of methoxy groups -OCH3 is 1. The van der Waals surface area contributed by atoms with E-state index in [-0.39, 0.29) is 0 Å². The first-order valence-corrected chi connectivity index (χ1v) is 4.10. The Labute approximate surface area is 80.3 Å². The molecule has 2 aromatic rings. The number of nitrogens with two attached hydrogens (primary N) is 1. The van der Waals surface area contributed by atoms with Crippen molar-refractivity contribution in [1.82, 2.24) is 4.98 Å². The highest BCUT2D eigenvalue weighted by molar-refractivity contribution is 5.93. The van der Waals surface area contributed by atoms with Crippen LogP contribution in [0.2, 0.25) is 0 Å². The van der Waals surface area contributed by atoms with Crippen molar-refractivity contribution in [1.29, 1.82) is 0 Å². The van der Waals surface area contributed by atoms with Crippen molar-refractivity contribution in [3.05, 3.63) is 30.2 Å². The van der Waals surface area contributed by atoms with Gasteiger partial charge in [-0.3, -0.25) is 4.98 Å². The molecule has 0 atom stereocenters. The summed E-state index contributed by atoms with van der Waals surface area (Å²) < 4.78 is 17.9. The van der Waals surface area contributed by atoms with Gasteiger partial charge in [0.05, 0.1) is 24.5 Å². The average Bonchev–Trinajstić information content (AvgIpc) is 2.20. The van der Waals surface area contributed by atoms with E-state index in [1.807, 2.05) is 0 Å². The Morgan fingerprint density at radius 1 is 1.43 bits per heavy atom. The van der Waals surface area contributed by atoms with Crippen molar-refractivity contribution in [2.75, 3.05) is 12.8 Å². The summed E-state index contributed by atoms with van der Waals surface area (Å²) in [4.78, 5) is 3.91. The molecule has 0 radical (unpaired) electrons. The van der Waals surface area contributed by atoms with Crippen molar-refractivity contribution in [3.8, 4) is 5.75 Å². The maximum atomic E-state index is 12.9. The lowest BCUT2D eigenvalue weighted by Gasteiger charge is -2.06. The number of hydrogen-bond donors (Lipinski definition) is 1. The number of rotatable bonds is 1. The van der Waals surface area contributed by atoms with E-state index in [0.29, 0.717) is 22.3 Å². The van der Waals surface area contributed by atoms with Gasteiger partial charge in [0.1, 0.15) is 11.6 Å². The number of ether oxygens (including phenoxy) is 1. The predicted molar refractivity (Wildman–Crippen MR) is 52.7 cm³/mol. The first kappa shape index (κ1) is 8.74. The summed E-state index contributed by atoms with van der Waals surface area (Å²) in [6.07, 6.45) is 1.16. The summed E-state index contributed by atoms with van der Waals surface area (Å²) in [5, 5.41) is 0.573. The minimum Gasteiger partial charge on any atom is -0.495 e. The second kappa shape index (κ2) is 3.14. The Kier molecular flexibility index (Phi) is 1.96. The number of nitrogen functional groups attached to an aromatic ring is 1. The second-order valence-electron chi connectivity index (χ2n) is 2.90. The number of fused-ring (bicyclic) bond motifs is 1. The summed E-state index contributed by atoms with van der Waals surface area (Å²) in [5.74, 6) is 0.127. The highest BCUT2D eigenvalue weighted by Gasteiger charge is 2.05. The van der Waals surface area contributed by atoms with Crippen LogP contribution in [-0.4, -0.2) is 12.1 Å². The maximum Gasteiger partial charge on any atom is 0.142 e. The van der Waals surface area contributed by atoms with Crippen LogP contribution in [0.15, 0.2) is 24.4 Å². The van der Waals surface area contributed by atoms with Crippen LogP contribution in [-0.2, 0) is 0 Å². The first-order chi connectivity index (χ1) is 6.72. The fraction of sp³-hybridized carbons (Fsp3) is 0.100. The van der Waals surface area contributed by atoms with Crippen LogP contribution >= 0.6 is 0 Å². The topological polar surface area (TPSA) is 48.1 Å². The number of nitrogens with zero attached hydrogens (tertiary/aromatic N) is 1. The number of benzene rings is 1. The SMILES string of the molecule is COc1ccc2ncc(F)cc2c1N. The molecule has 72 valence electrons. The van der Waals surface area contributed by atoms with E-state index < -0.39 is 5.82 Å². The third-order valence-corrected chi connectivity index (χ3v) is 2.05. The standard InChI is InChI=1S/C10H9FN2O/c1-14-9-3-2-8-7(10(9)12)4-6(11)5-13-8/h2-5H,12H2,1H3. The van der Waals surface area contributed by atoms with Gasteiger partial charge in [0.15, 0.2) is 0 Å². The van der Waals surface area contributed by atoms with Crippen molar-refractivity contribution in [3.63, 3.8) is 0 Å². The Balaban J connectivity index is 2.79. The highest BCUT2D eigenvalue weighted by Crippen LogP contribution is 2.29. The summed E-state index contributed by atoms with van der Waals surface area (Å²) in [6, 6.07) is 4.80. The molecule has 4 heteroatoms.